The zero-order valence-electron chi connectivity index (χ0n) is 11.9. The van der Waals surface area contributed by atoms with Crippen LogP contribution in [0, 0.1) is 6.92 Å². The van der Waals surface area contributed by atoms with Gasteiger partial charge in [0.05, 0.1) is 6.26 Å². The molecule has 1 atom stereocenters. The summed E-state index contributed by atoms with van der Waals surface area (Å²) in [6, 6.07) is 12.8. The first-order chi connectivity index (χ1) is 9.29. The van der Waals surface area contributed by atoms with E-state index in [0.29, 0.717) is 5.92 Å². The van der Waals surface area contributed by atoms with Crippen LogP contribution in [0.5, 0.6) is 0 Å². The predicted octanol–water partition coefficient (Wildman–Crippen LogP) is 3.91. The molecule has 2 nitrogen and oxygen atoms in total. The molecule has 0 radical (unpaired) electrons. The number of benzene rings is 1. The van der Waals surface area contributed by atoms with E-state index >= 15 is 0 Å². The number of hydrogen-bond acceptors (Lipinski definition) is 2. The second-order valence-corrected chi connectivity index (χ2v) is 5.10. The molecule has 1 N–H and O–H groups in total. The number of aryl methyl sites for hydroxylation is 1. The summed E-state index contributed by atoms with van der Waals surface area (Å²) in [4.78, 5) is 0. The van der Waals surface area contributed by atoms with Crippen molar-refractivity contribution in [3.05, 3.63) is 59.5 Å². The maximum absolute atomic E-state index is 5.49. The van der Waals surface area contributed by atoms with Crippen molar-refractivity contribution in [3.8, 4) is 0 Å². The first-order valence-corrected chi connectivity index (χ1v) is 7.09. The molecule has 1 unspecified atom stereocenters. The minimum atomic E-state index is 0.470. The summed E-state index contributed by atoms with van der Waals surface area (Å²) in [6.07, 6.45) is 3.87. The van der Waals surface area contributed by atoms with Crippen LogP contribution >= 0.6 is 0 Å². The second-order valence-electron chi connectivity index (χ2n) is 5.10. The largest absolute Gasteiger partial charge is 0.469 e. The predicted molar refractivity (Wildman–Crippen MR) is 79.5 cm³/mol. The van der Waals surface area contributed by atoms with Crippen LogP contribution < -0.4 is 5.32 Å². The van der Waals surface area contributed by atoms with Gasteiger partial charge in [-0.15, -0.1) is 0 Å². The zero-order valence-corrected chi connectivity index (χ0v) is 11.9. The third kappa shape index (κ3) is 4.25. The van der Waals surface area contributed by atoms with Crippen molar-refractivity contribution in [1.29, 1.82) is 0 Å². The summed E-state index contributed by atoms with van der Waals surface area (Å²) in [5.74, 6) is 1.53. The maximum atomic E-state index is 5.49. The van der Waals surface area contributed by atoms with Gasteiger partial charge in [0.2, 0.25) is 0 Å². The molecular formula is C17H23NO. The van der Waals surface area contributed by atoms with Gasteiger partial charge in [-0.05, 0) is 37.6 Å². The molecule has 0 saturated carbocycles. The Morgan fingerprint density at radius 1 is 1.21 bits per heavy atom. The Morgan fingerprint density at radius 3 is 2.79 bits per heavy atom. The van der Waals surface area contributed by atoms with E-state index in [1.54, 1.807) is 6.26 Å². The molecule has 19 heavy (non-hydrogen) atoms. The standard InChI is InChI=1S/C17H23NO/c1-3-9-18-13-16(12-17-8-5-10-19-17)15-7-4-6-14(2)11-15/h4-8,10-11,16,18H,3,9,12-13H2,1-2H3. The van der Waals surface area contributed by atoms with Gasteiger partial charge in [-0.25, -0.2) is 0 Å². The maximum Gasteiger partial charge on any atom is 0.104 e. The van der Waals surface area contributed by atoms with Gasteiger partial charge in [0.15, 0.2) is 0 Å². The highest BCUT2D eigenvalue weighted by Crippen LogP contribution is 2.21. The molecule has 1 heterocycles. The van der Waals surface area contributed by atoms with E-state index in [4.69, 9.17) is 4.42 Å². The number of nitrogens with one attached hydrogen (secondary N) is 1. The van der Waals surface area contributed by atoms with Crippen LogP contribution in [0.4, 0.5) is 0 Å². The van der Waals surface area contributed by atoms with Gasteiger partial charge in [0.25, 0.3) is 0 Å². The highest BCUT2D eigenvalue weighted by Gasteiger charge is 2.13. The van der Waals surface area contributed by atoms with Crippen molar-refractivity contribution in [2.24, 2.45) is 0 Å². The van der Waals surface area contributed by atoms with Crippen molar-refractivity contribution in [2.75, 3.05) is 13.1 Å². The molecule has 0 fully saturated rings. The summed E-state index contributed by atoms with van der Waals surface area (Å²) in [5, 5.41) is 3.52. The zero-order chi connectivity index (χ0) is 13.5. The van der Waals surface area contributed by atoms with Crippen molar-refractivity contribution < 1.29 is 4.42 Å². The van der Waals surface area contributed by atoms with Gasteiger partial charge in [-0.1, -0.05) is 36.8 Å². The molecule has 0 aliphatic rings. The molecular weight excluding hydrogens is 234 g/mol. The van der Waals surface area contributed by atoms with Crippen molar-refractivity contribution in [2.45, 2.75) is 32.6 Å². The summed E-state index contributed by atoms with van der Waals surface area (Å²) >= 11 is 0. The van der Waals surface area contributed by atoms with Crippen LogP contribution in [-0.4, -0.2) is 13.1 Å². The summed E-state index contributed by atoms with van der Waals surface area (Å²) in [7, 11) is 0. The molecule has 0 spiro atoms. The smallest absolute Gasteiger partial charge is 0.104 e. The van der Waals surface area contributed by atoms with Crippen LogP contribution in [0.1, 0.15) is 36.1 Å². The van der Waals surface area contributed by atoms with Crippen LogP contribution in [0.25, 0.3) is 0 Å². The average molecular weight is 257 g/mol. The van der Waals surface area contributed by atoms with Gasteiger partial charge in [-0.3, -0.25) is 0 Å². The monoisotopic (exact) mass is 257 g/mol. The van der Waals surface area contributed by atoms with E-state index < -0.39 is 0 Å². The summed E-state index contributed by atoms with van der Waals surface area (Å²) < 4.78 is 5.49. The minimum Gasteiger partial charge on any atom is -0.469 e. The highest BCUT2D eigenvalue weighted by molar-refractivity contribution is 5.27. The first-order valence-electron chi connectivity index (χ1n) is 7.09. The van der Waals surface area contributed by atoms with E-state index in [0.717, 1.165) is 25.3 Å². The van der Waals surface area contributed by atoms with E-state index in [1.165, 1.54) is 17.5 Å². The molecule has 2 heteroatoms. The van der Waals surface area contributed by atoms with Crippen LogP contribution in [0.15, 0.2) is 47.1 Å². The first kappa shape index (κ1) is 13.9. The molecule has 2 aromatic rings. The molecule has 0 bridgehead atoms. The fourth-order valence-electron chi connectivity index (χ4n) is 2.36. The van der Waals surface area contributed by atoms with E-state index in [1.807, 2.05) is 6.07 Å². The van der Waals surface area contributed by atoms with E-state index in [9.17, 15) is 0 Å². The lowest BCUT2D eigenvalue weighted by Crippen LogP contribution is -2.23. The van der Waals surface area contributed by atoms with Gasteiger partial charge < -0.3 is 9.73 Å². The fourth-order valence-corrected chi connectivity index (χ4v) is 2.36. The molecule has 0 amide bonds. The lowest BCUT2D eigenvalue weighted by Gasteiger charge is -2.17. The van der Waals surface area contributed by atoms with Gasteiger partial charge >= 0.3 is 0 Å². The summed E-state index contributed by atoms with van der Waals surface area (Å²) in [6.45, 7) is 6.41. The Kier molecular flexibility index (Phi) is 5.22. The van der Waals surface area contributed by atoms with Crippen LogP contribution in [0.3, 0.4) is 0 Å². The van der Waals surface area contributed by atoms with Crippen molar-refractivity contribution in [1.82, 2.24) is 5.32 Å². The van der Waals surface area contributed by atoms with Crippen LogP contribution in [-0.2, 0) is 6.42 Å². The van der Waals surface area contributed by atoms with Gasteiger partial charge in [0, 0.05) is 18.9 Å². The minimum absolute atomic E-state index is 0.470. The Hall–Kier alpha value is -1.54. The molecule has 102 valence electrons. The van der Waals surface area contributed by atoms with E-state index in [2.05, 4.69) is 49.5 Å². The lowest BCUT2D eigenvalue weighted by molar-refractivity contribution is 0.472. The molecule has 1 aromatic carbocycles. The van der Waals surface area contributed by atoms with Crippen molar-refractivity contribution in [3.63, 3.8) is 0 Å². The summed E-state index contributed by atoms with van der Waals surface area (Å²) in [5.41, 5.74) is 2.71. The SMILES string of the molecule is CCCNCC(Cc1ccco1)c1cccc(C)c1. The Bertz CT molecular complexity index is 476. The number of hydrogen-bond donors (Lipinski definition) is 1. The lowest BCUT2D eigenvalue weighted by atomic mass is 9.93. The highest BCUT2D eigenvalue weighted by atomic mass is 16.3. The topological polar surface area (TPSA) is 25.2 Å². The van der Waals surface area contributed by atoms with E-state index in [-0.39, 0.29) is 0 Å². The second kappa shape index (κ2) is 7.15. The Labute approximate surface area is 115 Å². The van der Waals surface area contributed by atoms with Gasteiger partial charge in [-0.2, -0.15) is 0 Å². The quantitative estimate of drug-likeness (QED) is 0.761. The number of rotatable bonds is 7. The number of furan rings is 1. The molecule has 0 aliphatic heterocycles. The Balaban J connectivity index is 2.08. The van der Waals surface area contributed by atoms with Crippen LogP contribution in [0.2, 0.25) is 0 Å². The fraction of sp³-hybridized carbons (Fsp3) is 0.412. The average Bonchev–Trinajstić information content (AvgIpc) is 2.91. The normalized spacial score (nSPS) is 12.5. The third-order valence-corrected chi connectivity index (χ3v) is 3.36. The van der Waals surface area contributed by atoms with Gasteiger partial charge in [0.1, 0.15) is 5.76 Å². The Morgan fingerprint density at radius 2 is 2.11 bits per heavy atom. The molecule has 2 rings (SSSR count). The van der Waals surface area contributed by atoms with Crippen molar-refractivity contribution >= 4 is 0 Å². The molecule has 1 aromatic heterocycles. The third-order valence-electron chi connectivity index (χ3n) is 3.36. The molecule has 0 aliphatic carbocycles. The molecule has 0 saturated heterocycles.